The Hall–Kier alpha value is -4.29. The van der Waals surface area contributed by atoms with E-state index >= 15 is 0 Å². The third kappa shape index (κ3) is 7.09. The van der Waals surface area contributed by atoms with Gasteiger partial charge in [0.05, 0.1) is 5.71 Å². The van der Waals surface area contributed by atoms with Crippen molar-refractivity contribution in [3.63, 3.8) is 0 Å². The normalized spacial score (nSPS) is 17.1. The summed E-state index contributed by atoms with van der Waals surface area (Å²) in [5, 5.41) is 10.7. The second-order valence-corrected chi connectivity index (χ2v) is 15.0. The highest BCUT2D eigenvalue weighted by molar-refractivity contribution is 7.91. The molecule has 6 nitrogen and oxygen atoms in total. The lowest BCUT2D eigenvalue weighted by Crippen LogP contribution is -2.55. The topological polar surface area (TPSA) is 73.2 Å². The van der Waals surface area contributed by atoms with E-state index in [9.17, 15) is 26.7 Å². The zero-order valence-electron chi connectivity index (χ0n) is 26.1. The summed E-state index contributed by atoms with van der Waals surface area (Å²) in [6.07, 6.45) is -4.31. The number of anilines is 1. The lowest BCUT2D eigenvalue weighted by atomic mass is 9.94. The van der Waals surface area contributed by atoms with Crippen molar-refractivity contribution in [1.82, 2.24) is 4.31 Å². The maximum Gasteiger partial charge on any atom is 0.421 e. The number of nitrogens with zero attached hydrogens (tertiary/aromatic N) is 3. The number of thiophene rings is 1. The van der Waals surface area contributed by atoms with Crippen molar-refractivity contribution in [2.45, 2.75) is 35.4 Å². The Morgan fingerprint density at radius 3 is 1.94 bits per heavy atom. The van der Waals surface area contributed by atoms with E-state index in [4.69, 9.17) is 4.99 Å². The van der Waals surface area contributed by atoms with Crippen LogP contribution in [0.25, 0.3) is 0 Å². The Balaban J connectivity index is 1.27. The van der Waals surface area contributed by atoms with E-state index in [1.165, 1.54) is 16.4 Å². The third-order valence-electron chi connectivity index (χ3n) is 8.55. The van der Waals surface area contributed by atoms with E-state index in [-0.39, 0.29) is 28.9 Å². The van der Waals surface area contributed by atoms with Crippen molar-refractivity contribution in [1.29, 1.82) is 0 Å². The van der Waals surface area contributed by atoms with Crippen molar-refractivity contribution < 1.29 is 26.7 Å². The van der Waals surface area contributed by atoms with Crippen molar-refractivity contribution in [2.75, 3.05) is 24.5 Å². The summed E-state index contributed by atoms with van der Waals surface area (Å²) in [4.78, 5) is 6.93. The lowest BCUT2D eigenvalue weighted by Gasteiger charge is -2.42. The number of benzene rings is 4. The summed E-state index contributed by atoms with van der Waals surface area (Å²) in [6.45, 7) is 1.42. The fourth-order valence-corrected chi connectivity index (χ4v) is 8.62. The predicted molar refractivity (Wildman–Crippen MR) is 185 cm³/mol. The zero-order valence-corrected chi connectivity index (χ0v) is 27.7. The van der Waals surface area contributed by atoms with Crippen LogP contribution in [0.1, 0.15) is 29.2 Å². The van der Waals surface area contributed by atoms with E-state index in [0.29, 0.717) is 23.7 Å². The number of hydrogen-bond donors (Lipinski definition) is 1. The highest BCUT2D eigenvalue weighted by atomic mass is 32.2. The highest BCUT2D eigenvalue weighted by Gasteiger charge is 2.51. The molecule has 1 aromatic heterocycles. The molecule has 248 valence electrons. The molecule has 11 heteroatoms. The van der Waals surface area contributed by atoms with Gasteiger partial charge in [-0.15, -0.1) is 11.3 Å². The second kappa shape index (κ2) is 13.7. The van der Waals surface area contributed by atoms with Gasteiger partial charge in [-0.1, -0.05) is 103 Å². The molecule has 1 fully saturated rings. The smallest absolute Gasteiger partial charge is 0.376 e. The van der Waals surface area contributed by atoms with E-state index in [1.807, 2.05) is 95.9 Å². The van der Waals surface area contributed by atoms with E-state index < -0.39 is 21.8 Å². The van der Waals surface area contributed by atoms with Crippen LogP contribution in [0.5, 0.6) is 0 Å². The van der Waals surface area contributed by atoms with Gasteiger partial charge in [0.25, 0.3) is 10.0 Å². The number of sulfonamides is 1. The van der Waals surface area contributed by atoms with Crippen molar-refractivity contribution in [3.05, 3.63) is 150 Å². The third-order valence-corrected chi connectivity index (χ3v) is 11.9. The van der Waals surface area contributed by atoms with E-state index in [0.717, 1.165) is 40.7 Å². The first-order valence-corrected chi connectivity index (χ1v) is 17.7. The first-order chi connectivity index (χ1) is 22.9. The maximum atomic E-state index is 14.1. The molecule has 0 amide bonds. The molecular weight excluding hydrogens is 656 g/mol. The second-order valence-electron chi connectivity index (χ2n) is 11.8. The fourth-order valence-electron chi connectivity index (χ4n) is 5.82. The number of aliphatic hydroxyl groups is 1. The molecular formula is C37H34F3N3O3S2. The first-order valence-electron chi connectivity index (χ1n) is 15.4. The molecule has 0 radical (unpaired) electrons. The lowest BCUT2D eigenvalue weighted by molar-refractivity contribution is -0.258. The van der Waals surface area contributed by atoms with Gasteiger partial charge in [-0.25, -0.2) is 13.4 Å². The molecule has 2 atom stereocenters. The summed E-state index contributed by atoms with van der Waals surface area (Å²) in [6, 6.07) is 37.8. The Bertz CT molecular complexity index is 1920. The van der Waals surface area contributed by atoms with E-state index in [2.05, 4.69) is 0 Å². The molecule has 1 saturated heterocycles. The molecule has 1 unspecified atom stereocenters. The molecule has 0 spiro atoms. The van der Waals surface area contributed by atoms with Crippen LogP contribution >= 0.6 is 11.3 Å². The van der Waals surface area contributed by atoms with Gasteiger partial charge in [-0.3, -0.25) is 0 Å². The highest BCUT2D eigenvalue weighted by Crippen LogP contribution is 2.39. The monoisotopic (exact) mass is 689 g/mol. The minimum Gasteiger partial charge on any atom is -0.376 e. The quantitative estimate of drug-likeness (QED) is 0.160. The molecule has 5 aromatic rings. The minimum atomic E-state index is -4.83. The predicted octanol–water partition coefficient (Wildman–Crippen LogP) is 7.81. The minimum absolute atomic E-state index is 0.176. The molecule has 0 bridgehead atoms. The molecule has 0 saturated carbocycles. The van der Waals surface area contributed by atoms with Crippen LogP contribution in [-0.4, -0.2) is 55.4 Å². The van der Waals surface area contributed by atoms with Crippen LogP contribution in [0.15, 0.2) is 137 Å². The maximum absolute atomic E-state index is 14.1. The Morgan fingerprint density at radius 1 is 0.812 bits per heavy atom. The Labute approximate surface area is 282 Å². The number of piperazine rings is 1. The van der Waals surface area contributed by atoms with Gasteiger partial charge in [0.1, 0.15) is 9.21 Å². The average molecular weight is 690 g/mol. The van der Waals surface area contributed by atoms with Crippen LogP contribution in [0.4, 0.5) is 23.9 Å². The van der Waals surface area contributed by atoms with Gasteiger partial charge in [0.15, 0.2) is 5.60 Å². The summed E-state index contributed by atoms with van der Waals surface area (Å²) in [5.74, 6) is 0. The zero-order chi connectivity index (χ0) is 33.9. The molecule has 1 N–H and O–H groups in total. The number of hydrogen-bond acceptors (Lipinski definition) is 6. The average Bonchev–Trinajstić information content (AvgIpc) is 3.58. The van der Waals surface area contributed by atoms with Gasteiger partial charge in [0, 0.05) is 42.5 Å². The van der Waals surface area contributed by atoms with Crippen LogP contribution in [0.2, 0.25) is 0 Å². The largest absolute Gasteiger partial charge is 0.421 e. The molecule has 0 aliphatic carbocycles. The van der Waals surface area contributed by atoms with Crippen LogP contribution in [0.3, 0.4) is 0 Å². The standard InChI is InChI=1S/C37H34F3N3O3S2/c1-36(44,37(38,39)40)30-17-19-31(20-18-30)43-24-23-42(26-32(43)25-27-11-5-2-6-12-27)48(45,46)34-22-21-33(47-34)41-35(28-13-7-3-8-14-28)29-15-9-4-10-16-29/h2-22,32,44H,23-26H2,1H3/t32-,36?/m0/s1. The molecule has 1 aliphatic heterocycles. The summed E-state index contributed by atoms with van der Waals surface area (Å²) in [7, 11) is -3.88. The number of halogens is 3. The molecule has 6 rings (SSSR count). The van der Waals surface area contributed by atoms with Crippen molar-refractivity contribution >= 4 is 37.8 Å². The van der Waals surface area contributed by atoms with Crippen molar-refractivity contribution in [3.8, 4) is 0 Å². The van der Waals surface area contributed by atoms with Crippen LogP contribution in [-0.2, 0) is 22.0 Å². The Morgan fingerprint density at radius 2 is 1.38 bits per heavy atom. The number of alkyl halides is 3. The summed E-state index contributed by atoms with van der Waals surface area (Å²) in [5.41, 5.74) is 0.962. The van der Waals surface area contributed by atoms with Gasteiger partial charge >= 0.3 is 6.18 Å². The Kier molecular flexibility index (Phi) is 9.57. The molecule has 4 aromatic carbocycles. The summed E-state index contributed by atoms with van der Waals surface area (Å²) >= 11 is 1.11. The number of rotatable bonds is 9. The number of aliphatic imine (C=N–C) groups is 1. The van der Waals surface area contributed by atoms with Crippen LogP contribution in [0, 0.1) is 0 Å². The van der Waals surface area contributed by atoms with Crippen molar-refractivity contribution in [2.24, 2.45) is 4.99 Å². The molecule has 48 heavy (non-hydrogen) atoms. The molecule has 1 aliphatic rings. The van der Waals surface area contributed by atoms with Gasteiger partial charge < -0.3 is 10.0 Å². The van der Waals surface area contributed by atoms with E-state index in [1.54, 1.807) is 24.3 Å². The van der Waals surface area contributed by atoms with Crippen LogP contribution < -0.4 is 4.90 Å². The molecule has 2 heterocycles. The first kappa shape index (κ1) is 33.6. The van der Waals surface area contributed by atoms with Gasteiger partial charge in [0.2, 0.25) is 0 Å². The SMILES string of the molecule is CC(O)(c1ccc(N2CCN(S(=O)(=O)c3ccc(N=C(c4ccccc4)c4ccccc4)s3)C[C@@H]2Cc2ccccc2)cc1)C(F)(F)F. The van der Waals surface area contributed by atoms with Gasteiger partial charge in [-0.05, 0) is 48.7 Å². The summed E-state index contributed by atoms with van der Waals surface area (Å²) < 4.78 is 70.2. The fraction of sp³-hybridized carbons (Fsp3) is 0.216. The van der Waals surface area contributed by atoms with Gasteiger partial charge in [-0.2, -0.15) is 17.5 Å².